The molecule has 0 saturated heterocycles. The first-order valence-electron chi connectivity index (χ1n) is 5.96. The van der Waals surface area contributed by atoms with Crippen molar-refractivity contribution in [3.8, 4) is 11.5 Å². The number of halogens is 1. The number of nitrogens with one attached hydrogen (secondary N) is 2. The van der Waals surface area contributed by atoms with Crippen molar-refractivity contribution < 1.29 is 14.3 Å². The predicted molar refractivity (Wildman–Crippen MR) is 79.6 cm³/mol. The fourth-order valence-corrected chi connectivity index (χ4v) is 1.89. The third-order valence-electron chi connectivity index (χ3n) is 2.75. The standard InChI is InChI=1S/C14H13ClN2O4/c1-20-12-4-3-8(15)5-9(12)17-14(19)10-6-11(18)13(21-2)7-16-10/h3-7H,1-2H3,(H,16,18)(H,17,19). The second-order valence-electron chi connectivity index (χ2n) is 4.08. The molecule has 0 spiro atoms. The van der Waals surface area contributed by atoms with E-state index in [1.807, 2.05) is 0 Å². The fourth-order valence-electron chi connectivity index (χ4n) is 1.72. The summed E-state index contributed by atoms with van der Waals surface area (Å²) in [7, 11) is 2.86. The molecule has 1 amide bonds. The molecule has 0 aliphatic carbocycles. The Morgan fingerprint density at radius 1 is 1.19 bits per heavy atom. The number of hydrogen-bond acceptors (Lipinski definition) is 4. The van der Waals surface area contributed by atoms with E-state index in [-0.39, 0.29) is 16.9 Å². The summed E-state index contributed by atoms with van der Waals surface area (Å²) in [5.74, 6) is 0.103. The van der Waals surface area contributed by atoms with Crippen LogP contribution in [0.4, 0.5) is 5.69 Å². The molecule has 0 unspecified atom stereocenters. The molecule has 110 valence electrons. The van der Waals surface area contributed by atoms with Crippen LogP contribution >= 0.6 is 11.6 Å². The molecule has 21 heavy (non-hydrogen) atoms. The maximum Gasteiger partial charge on any atom is 0.272 e. The van der Waals surface area contributed by atoms with Crippen molar-refractivity contribution >= 4 is 23.2 Å². The molecule has 6 nitrogen and oxygen atoms in total. The van der Waals surface area contributed by atoms with E-state index in [1.54, 1.807) is 18.2 Å². The van der Waals surface area contributed by atoms with Crippen LogP contribution in [0.5, 0.6) is 11.5 Å². The lowest BCUT2D eigenvalue weighted by Crippen LogP contribution is -2.17. The number of aromatic nitrogens is 1. The van der Waals surface area contributed by atoms with Gasteiger partial charge in [0.2, 0.25) is 5.43 Å². The minimum Gasteiger partial charge on any atom is -0.495 e. The van der Waals surface area contributed by atoms with Gasteiger partial charge in [0.1, 0.15) is 11.4 Å². The molecular weight excluding hydrogens is 296 g/mol. The number of anilines is 1. The highest BCUT2D eigenvalue weighted by Gasteiger charge is 2.12. The second kappa shape index (κ2) is 6.32. The van der Waals surface area contributed by atoms with Crippen LogP contribution in [-0.4, -0.2) is 25.1 Å². The monoisotopic (exact) mass is 308 g/mol. The van der Waals surface area contributed by atoms with Gasteiger partial charge in [0.05, 0.1) is 19.9 Å². The first kappa shape index (κ1) is 14.9. The van der Waals surface area contributed by atoms with Crippen molar-refractivity contribution in [3.05, 3.63) is 51.4 Å². The van der Waals surface area contributed by atoms with Crippen LogP contribution in [0.3, 0.4) is 0 Å². The zero-order chi connectivity index (χ0) is 15.4. The van der Waals surface area contributed by atoms with Gasteiger partial charge in [0.25, 0.3) is 5.91 Å². The van der Waals surface area contributed by atoms with Gasteiger partial charge in [-0.15, -0.1) is 0 Å². The third-order valence-corrected chi connectivity index (χ3v) is 2.99. The first-order chi connectivity index (χ1) is 10.0. The molecule has 2 N–H and O–H groups in total. The Balaban J connectivity index is 2.28. The van der Waals surface area contributed by atoms with Gasteiger partial charge in [-0.25, -0.2) is 0 Å². The van der Waals surface area contributed by atoms with Gasteiger partial charge in [-0.2, -0.15) is 0 Å². The van der Waals surface area contributed by atoms with Crippen LogP contribution in [0, 0.1) is 0 Å². The Morgan fingerprint density at radius 3 is 2.52 bits per heavy atom. The van der Waals surface area contributed by atoms with Crippen molar-refractivity contribution in [3.63, 3.8) is 0 Å². The van der Waals surface area contributed by atoms with Gasteiger partial charge in [0, 0.05) is 17.3 Å². The van der Waals surface area contributed by atoms with E-state index in [9.17, 15) is 9.59 Å². The van der Waals surface area contributed by atoms with Crippen LogP contribution in [-0.2, 0) is 0 Å². The zero-order valence-electron chi connectivity index (χ0n) is 11.4. The van der Waals surface area contributed by atoms with Gasteiger partial charge in [-0.1, -0.05) is 11.6 Å². The Kier molecular flexibility index (Phi) is 4.49. The summed E-state index contributed by atoms with van der Waals surface area (Å²) in [6, 6.07) is 5.99. The number of amides is 1. The summed E-state index contributed by atoms with van der Waals surface area (Å²) in [5, 5.41) is 3.08. The Labute approximate surface area is 125 Å². The highest BCUT2D eigenvalue weighted by atomic mass is 35.5. The van der Waals surface area contributed by atoms with Gasteiger partial charge in [-0.05, 0) is 18.2 Å². The lowest BCUT2D eigenvalue weighted by Gasteiger charge is -2.10. The summed E-state index contributed by atoms with van der Waals surface area (Å²) in [4.78, 5) is 26.4. The van der Waals surface area contributed by atoms with E-state index in [0.29, 0.717) is 16.5 Å². The number of benzene rings is 1. The smallest absolute Gasteiger partial charge is 0.272 e. The van der Waals surface area contributed by atoms with Crippen LogP contribution < -0.4 is 20.2 Å². The second-order valence-corrected chi connectivity index (χ2v) is 4.51. The SMILES string of the molecule is COc1ccc(Cl)cc1NC(=O)c1cc(=O)c(OC)c[nH]1. The van der Waals surface area contributed by atoms with E-state index in [1.165, 1.54) is 20.4 Å². The van der Waals surface area contributed by atoms with Crippen molar-refractivity contribution in [1.82, 2.24) is 4.98 Å². The molecule has 7 heteroatoms. The summed E-state index contributed by atoms with van der Waals surface area (Å²) >= 11 is 5.89. The average molecular weight is 309 g/mol. The molecular formula is C14H13ClN2O4. The van der Waals surface area contributed by atoms with Crippen molar-refractivity contribution in [2.75, 3.05) is 19.5 Å². The topological polar surface area (TPSA) is 80.4 Å². The van der Waals surface area contributed by atoms with Crippen LogP contribution in [0.1, 0.15) is 10.5 Å². The molecule has 2 aromatic rings. The number of hydrogen-bond donors (Lipinski definition) is 2. The number of carbonyl (C=O) groups excluding carboxylic acids is 1. The number of pyridine rings is 1. The number of rotatable bonds is 4. The average Bonchev–Trinajstić information content (AvgIpc) is 2.47. The molecule has 2 rings (SSSR count). The quantitative estimate of drug-likeness (QED) is 0.908. The Bertz CT molecular complexity index is 727. The summed E-state index contributed by atoms with van der Waals surface area (Å²) in [6.07, 6.45) is 1.33. The van der Waals surface area contributed by atoms with Crippen LogP contribution in [0.2, 0.25) is 5.02 Å². The molecule has 1 heterocycles. The maximum atomic E-state index is 12.1. The molecule has 1 aromatic heterocycles. The molecule has 1 aromatic carbocycles. The van der Waals surface area contributed by atoms with Gasteiger partial charge in [-0.3, -0.25) is 9.59 Å². The van der Waals surface area contributed by atoms with Crippen molar-refractivity contribution in [2.45, 2.75) is 0 Å². The van der Waals surface area contributed by atoms with Crippen LogP contribution in [0.15, 0.2) is 35.3 Å². The largest absolute Gasteiger partial charge is 0.495 e. The minimum atomic E-state index is -0.490. The van der Waals surface area contributed by atoms with Gasteiger partial charge >= 0.3 is 0 Å². The zero-order valence-corrected chi connectivity index (χ0v) is 12.2. The van der Waals surface area contributed by atoms with E-state index in [2.05, 4.69) is 10.3 Å². The highest BCUT2D eigenvalue weighted by Crippen LogP contribution is 2.27. The first-order valence-corrected chi connectivity index (χ1v) is 6.34. The van der Waals surface area contributed by atoms with Crippen molar-refractivity contribution in [2.24, 2.45) is 0 Å². The molecule has 0 atom stereocenters. The van der Waals surface area contributed by atoms with E-state index < -0.39 is 5.91 Å². The predicted octanol–water partition coefficient (Wildman–Crippen LogP) is 2.30. The number of aromatic amines is 1. The van der Waals surface area contributed by atoms with Crippen LogP contribution in [0.25, 0.3) is 0 Å². The van der Waals surface area contributed by atoms with E-state index in [0.717, 1.165) is 6.07 Å². The Morgan fingerprint density at radius 2 is 1.90 bits per heavy atom. The van der Waals surface area contributed by atoms with Gasteiger partial charge < -0.3 is 19.8 Å². The number of H-pyrrole nitrogens is 1. The van der Waals surface area contributed by atoms with Gasteiger partial charge in [0.15, 0.2) is 5.75 Å². The number of carbonyl (C=O) groups is 1. The maximum absolute atomic E-state index is 12.1. The normalized spacial score (nSPS) is 10.0. The molecule has 0 fully saturated rings. The van der Waals surface area contributed by atoms with Crippen molar-refractivity contribution in [1.29, 1.82) is 0 Å². The summed E-state index contributed by atoms with van der Waals surface area (Å²) < 4.78 is 9.97. The number of methoxy groups -OCH3 is 2. The lowest BCUT2D eigenvalue weighted by molar-refractivity contribution is 0.102. The lowest BCUT2D eigenvalue weighted by atomic mass is 10.2. The minimum absolute atomic E-state index is 0.0998. The third kappa shape index (κ3) is 3.35. The molecule has 0 aliphatic rings. The highest BCUT2D eigenvalue weighted by molar-refractivity contribution is 6.31. The fraction of sp³-hybridized carbons (Fsp3) is 0.143. The molecule has 0 bridgehead atoms. The van der Waals surface area contributed by atoms with E-state index >= 15 is 0 Å². The molecule has 0 radical (unpaired) electrons. The molecule has 0 saturated carbocycles. The summed E-state index contributed by atoms with van der Waals surface area (Å²) in [6.45, 7) is 0. The Hall–Kier alpha value is -2.47. The van der Waals surface area contributed by atoms with E-state index in [4.69, 9.17) is 21.1 Å². The molecule has 0 aliphatic heterocycles. The summed E-state index contributed by atoms with van der Waals surface area (Å²) in [5.41, 5.74) is 0.119. The number of ether oxygens (including phenoxy) is 2.